The molecule has 0 aliphatic rings. The van der Waals surface area contributed by atoms with Gasteiger partial charge in [-0.15, -0.1) is 0 Å². The minimum atomic E-state index is -0.250. The Labute approximate surface area is 146 Å². The van der Waals surface area contributed by atoms with E-state index in [1.54, 1.807) is 16.8 Å². The van der Waals surface area contributed by atoms with Gasteiger partial charge >= 0.3 is 0 Å². The molecule has 0 aliphatic carbocycles. The van der Waals surface area contributed by atoms with Gasteiger partial charge in [0.1, 0.15) is 5.82 Å². The number of nitrogens with one attached hydrogen (secondary N) is 1. The molecule has 130 valence electrons. The molecule has 2 N–H and O–H groups in total. The van der Waals surface area contributed by atoms with Crippen LogP contribution in [0.5, 0.6) is 0 Å². The second kappa shape index (κ2) is 8.05. The molecule has 0 radical (unpaired) electrons. The van der Waals surface area contributed by atoms with Crippen molar-refractivity contribution in [2.24, 2.45) is 0 Å². The van der Waals surface area contributed by atoms with E-state index in [0.717, 1.165) is 35.5 Å². The predicted octanol–water partition coefficient (Wildman–Crippen LogP) is 3.40. The minimum absolute atomic E-state index is 0.0569. The van der Waals surface area contributed by atoms with Gasteiger partial charge in [0.15, 0.2) is 0 Å². The zero-order valence-corrected chi connectivity index (χ0v) is 14.2. The van der Waals surface area contributed by atoms with E-state index in [0.29, 0.717) is 0 Å². The maximum atomic E-state index is 13.0. The van der Waals surface area contributed by atoms with E-state index in [9.17, 15) is 9.50 Å². The highest BCUT2D eigenvalue weighted by Gasteiger charge is 2.06. The summed E-state index contributed by atoms with van der Waals surface area (Å²) in [6.45, 7) is 2.96. The van der Waals surface area contributed by atoms with E-state index in [4.69, 9.17) is 0 Å². The maximum absolute atomic E-state index is 13.0. The van der Waals surface area contributed by atoms with Crippen molar-refractivity contribution in [3.05, 3.63) is 83.4 Å². The van der Waals surface area contributed by atoms with E-state index >= 15 is 0 Å². The molecule has 0 fully saturated rings. The van der Waals surface area contributed by atoms with Gasteiger partial charge in [-0.3, -0.25) is 0 Å². The number of halogens is 1. The molecular formula is C20H22FN3O. The van der Waals surface area contributed by atoms with Crippen LogP contribution in [-0.2, 0) is 13.0 Å². The third-order valence-electron chi connectivity index (χ3n) is 4.20. The quantitative estimate of drug-likeness (QED) is 0.694. The fourth-order valence-electron chi connectivity index (χ4n) is 2.73. The number of hydrogen-bond donors (Lipinski definition) is 2. The second-order valence-electron chi connectivity index (χ2n) is 6.06. The summed E-state index contributed by atoms with van der Waals surface area (Å²) >= 11 is 0. The Bertz CT molecular complexity index is 814. The Hall–Kier alpha value is -2.50. The van der Waals surface area contributed by atoms with Crippen LogP contribution in [0.15, 0.2) is 60.8 Å². The fraction of sp³-hybridized carbons (Fsp3) is 0.250. The Morgan fingerprint density at radius 2 is 1.96 bits per heavy atom. The van der Waals surface area contributed by atoms with Crippen LogP contribution in [-0.4, -0.2) is 21.4 Å². The van der Waals surface area contributed by atoms with Crippen LogP contribution in [0.3, 0.4) is 0 Å². The first-order valence-corrected chi connectivity index (χ1v) is 8.39. The Morgan fingerprint density at radius 1 is 1.16 bits per heavy atom. The highest BCUT2D eigenvalue weighted by atomic mass is 19.1. The van der Waals surface area contributed by atoms with Gasteiger partial charge in [-0.05, 0) is 48.4 Å². The molecule has 0 saturated carbocycles. The van der Waals surface area contributed by atoms with Crippen LogP contribution in [0.1, 0.15) is 29.8 Å². The lowest BCUT2D eigenvalue weighted by Gasteiger charge is -2.14. The van der Waals surface area contributed by atoms with Crippen LogP contribution in [0.4, 0.5) is 4.39 Å². The number of hydrogen-bond acceptors (Lipinski definition) is 3. The fourth-order valence-corrected chi connectivity index (χ4v) is 2.73. The van der Waals surface area contributed by atoms with Crippen LogP contribution in [0, 0.1) is 5.82 Å². The third-order valence-corrected chi connectivity index (χ3v) is 4.20. The van der Waals surface area contributed by atoms with E-state index in [1.165, 1.54) is 12.1 Å². The van der Waals surface area contributed by atoms with Crippen molar-refractivity contribution in [2.75, 3.05) is 6.54 Å². The molecule has 0 saturated heterocycles. The monoisotopic (exact) mass is 339 g/mol. The first-order chi connectivity index (χ1) is 12.2. The van der Waals surface area contributed by atoms with Gasteiger partial charge in [0.2, 0.25) is 0 Å². The molecule has 25 heavy (non-hydrogen) atoms. The highest BCUT2D eigenvalue weighted by Crippen LogP contribution is 2.14. The summed E-state index contributed by atoms with van der Waals surface area (Å²) in [6.07, 6.45) is 2.69. The number of aliphatic hydroxyl groups is 1. The van der Waals surface area contributed by atoms with E-state index < -0.39 is 0 Å². The molecule has 0 amide bonds. The number of aliphatic hydroxyl groups excluding tert-OH is 1. The van der Waals surface area contributed by atoms with E-state index in [-0.39, 0.29) is 18.5 Å². The van der Waals surface area contributed by atoms with Crippen molar-refractivity contribution in [1.82, 2.24) is 15.1 Å². The van der Waals surface area contributed by atoms with Gasteiger partial charge in [0, 0.05) is 25.2 Å². The zero-order valence-electron chi connectivity index (χ0n) is 14.2. The van der Waals surface area contributed by atoms with Crippen molar-refractivity contribution in [2.45, 2.75) is 26.0 Å². The number of rotatable bonds is 7. The molecule has 5 heteroatoms. The Balaban J connectivity index is 1.54. The first-order valence-electron chi connectivity index (χ1n) is 8.39. The average molecular weight is 339 g/mol. The van der Waals surface area contributed by atoms with Crippen LogP contribution in [0.25, 0.3) is 5.69 Å². The standard InChI is InChI=1S/C20H22FN3O/c1-15(17-4-2-3-16(13-17)14-25)22-11-9-19-10-12-24(23-19)20-7-5-18(21)6-8-20/h2-8,10,12-13,15,22,25H,9,11,14H2,1H3. The van der Waals surface area contributed by atoms with Gasteiger partial charge in [-0.1, -0.05) is 24.3 Å². The lowest BCUT2D eigenvalue weighted by atomic mass is 10.1. The third kappa shape index (κ3) is 4.53. The highest BCUT2D eigenvalue weighted by molar-refractivity contribution is 5.31. The van der Waals surface area contributed by atoms with E-state index in [1.807, 2.05) is 30.5 Å². The molecule has 0 spiro atoms. The van der Waals surface area contributed by atoms with Crippen LogP contribution < -0.4 is 5.32 Å². The van der Waals surface area contributed by atoms with Gasteiger partial charge < -0.3 is 10.4 Å². The van der Waals surface area contributed by atoms with Crippen molar-refractivity contribution >= 4 is 0 Å². The molecule has 1 unspecified atom stereocenters. The smallest absolute Gasteiger partial charge is 0.123 e. The first kappa shape index (κ1) is 17.3. The molecule has 0 aliphatic heterocycles. The van der Waals surface area contributed by atoms with Gasteiger partial charge in [0.25, 0.3) is 0 Å². The van der Waals surface area contributed by atoms with Gasteiger partial charge in [-0.2, -0.15) is 5.10 Å². The summed E-state index contributed by atoms with van der Waals surface area (Å²) in [5, 5.41) is 17.2. The summed E-state index contributed by atoms with van der Waals surface area (Å²) in [6, 6.07) is 16.4. The van der Waals surface area contributed by atoms with E-state index in [2.05, 4.69) is 23.4 Å². The predicted molar refractivity (Wildman–Crippen MR) is 96.0 cm³/mol. The summed E-state index contributed by atoms with van der Waals surface area (Å²) in [5.41, 5.74) is 3.90. The summed E-state index contributed by atoms with van der Waals surface area (Å²) < 4.78 is 14.7. The normalized spacial score (nSPS) is 12.3. The molecule has 4 nitrogen and oxygen atoms in total. The van der Waals surface area contributed by atoms with Crippen molar-refractivity contribution in [1.29, 1.82) is 0 Å². The summed E-state index contributed by atoms with van der Waals surface area (Å²) in [5.74, 6) is -0.250. The van der Waals surface area contributed by atoms with Crippen LogP contribution in [0.2, 0.25) is 0 Å². The van der Waals surface area contributed by atoms with Crippen molar-refractivity contribution in [3.63, 3.8) is 0 Å². The lowest BCUT2D eigenvalue weighted by molar-refractivity contribution is 0.281. The Morgan fingerprint density at radius 3 is 2.72 bits per heavy atom. The molecule has 1 aromatic heterocycles. The SMILES string of the molecule is CC(NCCc1ccn(-c2ccc(F)cc2)n1)c1cccc(CO)c1. The molecule has 3 aromatic rings. The Kier molecular flexibility index (Phi) is 5.58. The zero-order chi connectivity index (χ0) is 17.6. The minimum Gasteiger partial charge on any atom is -0.392 e. The molecular weight excluding hydrogens is 317 g/mol. The van der Waals surface area contributed by atoms with Crippen LogP contribution >= 0.6 is 0 Å². The average Bonchev–Trinajstić information content (AvgIpc) is 3.11. The second-order valence-corrected chi connectivity index (χ2v) is 6.06. The van der Waals surface area contributed by atoms with Crippen molar-refractivity contribution in [3.8, 4) is 5.69 Å². The molecule has 1 heterocycles. The summed E-state index contributed by atoms with van der Waals surface area (Å²) in [4.78, 5) is 0. The summed E-state index contributed by atoms with van der Waals surface area (Å²) in [7, 11) is 0. The van der Waals surface area contributed by atoms with Crippen molar-refractivity contribution < 1.29 is 9.50 Å². The molecule has 0 bridgehead atoms. The molecule has 2 aromatic carbocycles. The number of benzene rings is 2. The topological polar surface area (TPSA) is 50.1 Å². The molecule has 3 rings (SSSR count). The molecule has 1 atom stereocenters. The number of nitrogens with zero attached hydrogens (tertiary/aromatic N) is 2. The lowest BCUT2D eigenvalue weighted by Crippen LogP contribution is -2.21. The largest absolute Gasteiger partial charge is 0.392 e. The number of aromatic nitrogens is 2. The van der Waals surface area contributed by atoms with Gasteiger partial charge in [0.05, 0.1) is 18.0 Å². The van der Waals surface area contributed by atoms with Gasteiger partial charge in [-0.25, -0.2) is 9.07 Å². The maximum Gasteiger partial charge on any atom is 0.123 e.